The Labute approximate surface area is 141 Å². The van der Waals surface area contributed by atoms with Crippen LogP contribution in [0.4, 0.5) is 11.4 Å². The number of aryl methyl sites for hydroxylation is 1. The lowest BCUT2D eigenvalue weighted by Gasteiger charge is -2.21. The van der Waals surface area contributed by atoms with Crippen molar-refractivity contribution < 1.29 is 14.3 Å². The zero-order valence-corrected chi connectivity index (χ0v) is 13.6. The van der Waals surface area contributed by atoms with Crippen LogP contribution in [0.5, 0.6) is 5.75 Å². The highest BCUT2D eigenvalue weighted by atomic mass is 16.5. The SMILES string of the molecule is CCc1ccccc1NC(=O)CN1C(=O)CCOc2ccccc21. The van der Waals surface area contributed by atoms with Crippen LogP contribution in [0.25, 0.3) is 0 Å². The molecule has 1 heterocycles. The molecule has 0 fully saturated rings. The molecule has 0 aliphatic carbocycles. The minimum absolute atomic E-state index is 0.0305. The maximum absolute atomic E-state index is 12.5. The van der Waals surface area contributed by atoms with Gasteiger partial charge in [-0.3, -0.25) is 14.5 Å². The van der Waals surface area contributed by atoms with Gasteiger partial charge in [0.1, 0.15) is 12.3 Å². The molecule has 1 aliphatic heterocycles. The number of nitrogens with one attached hydrogen (secondary N) is 1. The number of hydrogen-bond acceptors (Lipinski definition) is 3. The topological polar surface area (TPSA) is 58.6 Å². The van der Waals surface area contributed by atoms with Crippen LogP contribution in [0.3, 0.4) is 0 Å². The van der Waals surface area contributed by atoms with Crippen molar-refractivity contribution in [2.75, 3.05) is 23.4 Å². The molecule has 5 nitrogen and oxygen atoms in total. The van der Waals surface area contributed by atoms with Crippen LogP contribution in [0.15, 0.2) is 48.5 Å². The normalized spacial score (nSPS) is 13.7. The predicted octanol–water partition coefficient (Wildman–Crippen LogP) is 3.00. The number of carbonyl (C=O) groups excluding carboxylic acids is 2. The molecule has 2 aromatic carbocycles. The molecule has 24 heavy (non-hydrogen) atoms. The van der Waals surface area contributed by atoms with E-state index >= 15 is 0 Å². The van der Waals surface area contributed by atoms with Crippen molar-refractivity contribution in [3.63, 3.8) is 0 Å². The van der Waals surface area contributed by atoms with Gasteiger partial charge in [-0.25, -0.2) is 0 Å². The van der Waals surface area contributed by atoms with Crippen molar-refractivity contribution in [3.05, 3.63) is 54.1 Å². The fraction of sp³-hybridized carbons (Fsp3) is 0.263. The number of ether oxygens (including phenoxy) is 1. The zero-order valence-electron chi connectivity index (χ0n) is 13.6. The van der Waals surface area contributed by atoms with Crippen molar-refractivity contribution in [3.8, 4) is 5.75 Å². The highest BCUT2D eigenvalue weighted by molar-refractivity contribution is 6.03. The Bertz CT molecular complexity index is 758. The Morgan fingerprint density at radius 2 is 1.92 bits per heavy atom. The van der Waals surface area contributed by atoms with E-state index in [-0.39, 0.29) is 24.8 Å². The third-order valence-electron chi connectivity index (χ3n) is 4.00. The summed E-state index contributed by atoms with van der Waals surface area (Å²) in [5, 5.41) is 2.91. The fourth-order valence-electron chi connectivity index (χ4n) is 2.78. The van der Waals surface area contributed by atoms with Gasteiger partial charge in [-0.05, 0) is 30.2 Å². The van der Waals surface area contributed by atoms with Gasteiger partial charge in [-0.2, -0.15) is 0 Å². The summed E-state index contributed by atoms with van der Waals surface area (Å²) >= 11 is 0. The standard InChI is InChI=1S/C19H20N2O3/c1-2-14-7-3-4-8-15(14)20-18(22)13-21-16-9-5-6-10-17(16)24-12-11-19(21)23/h3-10H,2,11-13H2,1H3,(H,20,22). The number of nitrogens with zero attached hydrogens (tertiary/aromatic N) is 1. The van der Waals surface area contributed by atoms with Crippen molar-refractivity contribution in [1.29, 1.82) is 0 Å². The quantitative estimate of drug-likeness (QED) is 0.940. The molecule has 0 saturated carbocycles. The second-order valence-electron chi connectivity index (χ2n) is 5.60. The summed E-state index contributed by atoms with van der Waals surface area (Å²) in [6.45, 7) is 2.33. The van der Waals surface area contributed by atoms with Gasteiger partial charge in [-0.15, -0.1) is 0 Å². The van der Waals surface area contributed by atoms with Gasteiger partial charge >= 0.3 is 0 Å². The van der Waals surface area contributed by atoms with E-state index in [2.05, 4.69) is 5.32 Å². The van der Waals surface area contributed by atoms with E-state index in [0.717, 1.165) is 17.7 Å². The first-order chi connectivity index (χ1) is 11.7. The predicted molar refractivity (Wildman–Crippen MR) is 93.4 cm³/mol. The van der Waals surface area contributed by atoms with Crippen LogP contribution in [-0.4, -0.2) is 25.0 Å². The number of rotatable bonds is 4. The van der Waals surface area contributed by atoms with Crippen LogP contribution < -0.4 is 15.0 Å². The molecule has 0 saturated heterocycles. The molecule has 0 unspecified atom stereocenters. The van der Waals surface area contributed by atoms with Gasteiger partial charge in [0.2, 0.25) is 11.8 Å². The molecule has 0 atom stereocenters. The number of fused-ring (bicyclic) bond motifs is 1. The molecule has 2 amide bonds. The first-order valence-corrected chi connectivity index (χ1v) is 8.09. The molecule has 0 spiro atoms. The van der Waals surface area contributed by atoms with Crippen molar-refractivity contribution in [2.45, 2.75) is 19.8 Å². The summed E-state index contributed by atoms with van der Waals surface area (Å²) in [5.74, 6) is 0.296. The van der Waals surface area contributed by atoms with Gasteiger partial charge in [0, 0.05) is 5.69 Å². The van der Waals surface area contributed by atoms with E-state index in [0.29, 0.717) is 18.0 Å². The zero-order chi connectivity index (χ0) is 16.9. The first kappa shape index (κ1) is 16.1. The van der Waals surface area contributed by atoms with Crippen molar-refractivity contribution in [2.24, 2.45) is 0 Å². The van der Waals surface area contributed by atoms with Gasteiger partial charge in [0.25, 0.3) is 0 Å². The Hall–Kier alpha value is -2.82. The van der Waals surface area contributed by atoms with Crippen LogP contribution >= 0.6 is 0 Å². The molecule has 124 valence electrons. The summed E-state index contributed by atoms with van der Waals surface area (Å²) in [4.78, 5) is 26.3. The Morgan fingerprint density at radius 3 is 2.75 bits per heavy atom. The highest BCUT2D eigenvalue weighted by Crippen LogP contribution is 2.30. The van der Waals surface area contributed by atoms with Gasteiger partial charge in [0.15, 0.2) is 0 Å². The second-order valence-corrected chi connectivity index (χ2v) is 5.60. The molecule has 1 aliphatic rings. The lowest BCUT2D eigenvalue weighted by atomic mass is 10.1. The van der Waals surface area contributed by atoms with Gasteiger partial charge in [0.05, 0.1) is 18.7 Å². The van der Waals surface area contributed by atoms with E-state index in [9.17, 15) is 9.59 Å². The van der Waals surface area contributed by atoms with Crippen LogP contribution in [0.2, 0.25) is 0 Å². The molecular weight excluding hydrogens is 304 g/mol. The lowest BCUT2D eigenvalue weighted by Crippen LogP contribution is -2.37. The van der Waals surface area contributed by atoms with E-state index in [1.54, 1.807) is 6.07 Å². The molecule has 1 N–H and O–H groups in total. The number of anilines is 2. The van der Waals surface area contributed by atoms with Crippen LogP contribution in [0, 0.1) is 0 Å². The Kier molecular flexibility index (Phi) is 4.79. The van der Waals surface area contributed by atoms with Crippen LogP contribution in [-0.2, 0) is 16.0 Å². The van der Waals surface area contributed by atoms with E-state index in [1.807, 2.05) is 49.4 Å². The van der Waals surface area contributed by atoms with E-state index < -0.39 is 0 Å². The maximum Gasteiger partial charge on any atom is 0.244 e. The maximum atomic E-state index is 12.5. The number of amides is 2. The van der Waals surface area contributed by atoms with E-state index in [4.69, 9.17) is 4.74 Å². The number of hydrogen-bond donors (Lipinski definition) is 1. The second kappa shape index (κ2) is 7.17. The molecule has 5 heteroatoms. The minimum Gasteiger partial charge on any atom is -0.491 e. The summed E-state index contributed by atoms with van der Waals surface area (Å²) in [7, 11) is 0. The smallest absolute Gasteiger partial charge is 0.244 e. The van der Waals surface area contributed by atoms with Crippen molar-refractivity contribution in [1.82, 2.24) is 0 Å². The Morgan fingerprint density at radius 1 is 1.17 bits per heavy atom. The fourth-order valence-corrected chi connectivity index (χ4v) is 2.78. The molecule has 0 radical (unpaired) electrons. The monoisotopic (exact) mass is 324 g/mol. The average molecular weight is 324 g/mol. The average Bonchev–Trinajstić information content (AvgIpc) is 2.75. The number of benzene rings is 2. The third kappa shape index (κ3) is 3.40. The minimum atomic E-state index is -0.221. The first-order valence-electron chi connectivity index (χ1n) is 8.09. The third-order valence-corrected chi connectivity index (χ3v) is 4.00. The molecule has 3 rings (SSSR count). The number of para-hydroxylation sites is 3. The van der Waals surface area contributed by atoms with Crippen LogP contribution in [0.1, 0.15) is 18.9 Å². The van der Waals surface area contributed by atoms with Gasteiger partial charge in [-0.1, -0.05) is 37.3 Å². The summed E-state index contributed by atoms with van der Waals surface area (Å²) in [5.41, 5.74) is 2.49. The lowest BCUT2D eigenvalue weighted by molar-refractivity contribution is -0.121. The Balaban J connectivity index is 1.79. The molecular formula is C19H20N2O3. The largest absolute Gasteiger partial charge is 0.491 e. The van der Waals surface area contributed by atoms with E-state index in [1.165, 1.54) is 4.90 Å². The summed E-state index contributed by atoms with van der Waals surface area (Å²) in [6.07, 6.45) is 1.09. The van der Waals surface area contributed by atoms with Crippen molar-refractivity contribution >= 4 is 23.2 Å². The highest BCUT2D eigenvalue weighted by Gasteiger charge is 2.25. The number of carbonyl (C=O) groups is 2. The molecule has 0 bridgehead atoms. The summed E-state index contributed by atoms with van der Waals surface area (Å²) < 4.78 is 5.59. The summed E-state index contributed by atoms with van der Waals surface area (Å²) in [6, 6.07) is 15.0. The molecule has 2 aromatic rings. The molecule has 0 aromatic heterocycles. The van der Waals surface area contributed by atoms with Gasteiger partial charge < -0.3 is 10.1 Å².